The number of rotatable bonds is 13. The van der Waals surface area contributed by atoms with Crippen molar-refractivity contribution in [2.24, 2.45) is 5.92 Å². The second-order valence-electron chi connectivity index (χ2n) is 6.40. The minimum atomic E-state index is 0.711. The maximum Gasteiger partial charge on any atom is 0.166 e. The molecule has 0 aliphatic heterocycles. The highest BCUT2D eigenvalue weighted by molar-refractivity contribution is 7.80. The molecule has 142 valence electrons. The van der Waals surface area contributed by atoms with Crippen LogP contribution in [-0.2, 0) is 11.2 Å². The van der Waals surface area contributed by atoms with Crippen molar-refractivity contribution in [3.8, 4) is 0 Å². The van der Waals surface area contributed by atoms with Crippen LogP contribution in [0.5, 0.6) is 0 Å². The van der Waals surface area contributed by atoms with Gasteiger partial charge in [-0.3, -0.25) is 0 Å². The van der Waals surface area contributed by atoms with E-state index in [9.17, 15) is 0 Å². The van der Waals surface area contributed by atoms with E-state index in [-0.39, 0.29) is 0 Å². The Hall–Kier alpha value is -0.840. The Kier molecular flexibility index (Phi) is 12.7. The molecule has 1 aromatic carbocycles. The van der Waals surface area contributed by atoms with E-state index in [1.54, 1.807) is 0 Å². The van der Waals surface area contributed by atoms with Crippen molar-refractivity contribution >= 4 is 28.9 Å². The summed E-state index contributed by atoms with van der Waals surface area (Å²) in [5, 5.41) is 7.95. The summed E-state index contributed by atoms with van der Waals surface area (Å²) in [4.78, 5) is 0. The van der Waals surface area contributed by atoms with Gasteiger partial charge in [-0.05, 0) is 55.1 Å². The molecule has 0 aliphatic carbocycles. The lowest BCUT2D eigenvalue weighted by Crippen LogP contribution is -2.37. The maximum atomic E-state index is 5.88. The Bertz CT molecular complexity index is 467. The number of hydrogen-bond donors (Lipinski definition) is 2. The zero-order valence-corrected chi connectivity index (χ0v) is 17.2. The molecule has 2 N–H and O–H groups in total. The average Bonchev–Trinajstić information content (AvgIpc) is 2.62. The van der Waals surface area contributed by atoms with Crippen LogP contribution >= 0.6 is 23.8 Å². The quantitative estimate of drug-likeness (QED) is 0.371. The molecule has 0 aliphatic rings. The second-order valence-corrected chi connectivity index (χ2v) is 7.25. The molecular formula is C20H33ClN2OS. The summed E-state index contributed by atoms with van der Waals surface area (Å²) in [6.45, 7) is 7.84. The fourth-order valence-electron chi connectivity index (χ4n) is 2.56. The van der Waals surface area contributed by atoms with Gasteiger partial charge in [0, 0.05) is 31.3 Å². The summed E-state index contributed by atoms with van der Waals surface area (Å²) >= 11 is 11.2. The van der Waals surface area contributed by atoms with Crippen LogP contribution in [-0.4, -0.2) is 31.4 Å². The van der Waals surface area contributed by atoms with Gasteiger partial charge in [0.25, 0.3) is 0 Å². The van der Waals surface area contributed by atoms with Gasteiger partial charge in [-0.15, -0.1) is 0 Å². The van der Waals surface area contributed by atoms with Gasteiger partial charge in [0.2, 0.25) is 0 Å². The second kappa shape index (κ2) is 14.3. The largest absolute Gasteiger partial charge is 0.381 e. The fourth-order valence-corrected chi connectivity index (χ4v) is 2.89. The first-order valence-corrected chi connectivity index (χ1v) is 10.3. The first-order chi connectivity index (χ1) is 12.2. The van der Waals surface area contributed by atoms with Gasteiger partial charge in [-0.1, -0.05) is 56.8 Å². The van der Waals surface area contributed by atoms with E-state index in [4.69, 9.17) is 28.6 Å². The van der Waals surface area contributed by atoms with Gasteiger partial charge in [-0.25, -0.2) is 0 Å². The normalized spacial score (nSPS) is 12.0. The minimum absolute atomic E-state index is 0.711. The summed E-state index contributed by atoms with van der Waals surface area (Å²) < 4.78 is 5.80. The van der Waals surface area contributed by atoms with Crippen LogP contribution in [0.2, 0.25) is 5.02 Å². The van der Waals surface area contributed by atoms with E-state index in [2.05, 4.69) is 24.5 Å². The van der Waals surface area contributed by atoms with Crippen molar-refractivity contribution in [2.75, 3.05) is 26.3 Å². The Balaban J connectivity index is 1.98. The zero-order valence-electron chi connectivity index (χ0n) is 15.7. The van der Waals surface area contributed by atoms with Gasteiger partial charge >= 0.3 is 0 Å². The van der Waals surface area contributed by atoms with E-state index < -0.39 is 0 Å². The van der Waals surface area contributed by atoms with Gasteiger partial charge in [0.1, 0.15) is 0 Å². The number of thiocarbonyl (C=S) groups is 1. The monoisotopic (exact) mass is 384 g/mol. The molecule has 1 aromatic rings. The first-order valence-electron chi connectivity index (χ1n) is 9.49. The van der Waals surface area contributed by atoms with Crippen molar-refractivity contribution < 1.29 is 4.74 Å². The SMILES string of the molecule is CCCCC(CC)COCCCNC(=S)NCCc1ccc(Cl)cc1. The molecule has 1 atom stereocenters. The van der Waals surface area contributed by atoms with Crippen LogP contribution in [0.4, 0.5) is 0 Å². The molecule has 0 saturated carbocycles. The van der Waals surface area contributed by atoms with Crippen LogP contribution in [0.25, 0.3) is 0 Å². The number of hydrogen-bond acceptors (Lipinski definition) is 2. The molecule has 1 rings (SSSR count). The Labute approximate surface area is 163 Å². The Morgan fingerprint density at radius 3 is 2.52 bits per heavy atom. The van der Waals surface area contributed by atoms with E-state index in [0.717, 1.165) is 44.2 Å². The molecule has 3 nitrogen and oxygen atoms in total. The van der Waals surface area contributed by atoms with Crippen LogP contribution in [0.1, 0.15) is 51.5 Å². The van der Waals surface area contributed by atoms with E-state index >= 15 is 0 Å². The molecule has 0 bridgehead atoms. The van der Waals surface area contributed by atoms with Gasteiger partial charge < -0.3 is 15.4 Å². The van der Waals surface area contributed by atoms with Crippen LogP contribution in [0, 0.1) is 5.92 Å². The molecular weight excluding hydrogens is 352 g/mol. The highest BCUT2D eigenvalue weighted by atomic mass is 35.5. The summed E-state index contributed by atoms with van der Waals surface area (Å²) in [5.41, 5.74) is 1.25. The highest BCUT2D eigenvalue weighted by Gasteiger charge is 2.05. The Morgan fingerprint density at radius 2 is 1.84 bits per heavy atom. The summed E-state index contributed by atoms with van der Waals surface area (Å²) in [7, 11) is 0. The zero-order chi connectivity index (χ0) is 18.3. The predicted molar refractivity (Wildman–Crippen MR) is 113 cm³/mol. The smallest absolute Gasteiger partial charge is 0.166 e. The number of benzene rings is 1. The molecule has 0 saturated heterocycles. The Morgan fingerprint density at radius 1 is 1.12 bits per heavy atom. The van der Waals surface area contributed by atoms with Crippen LogP contribution in [0.15, 0.2) is 24.3 Å². The third-order valence-corrected chi connectivity index (χ3v) is 4.80. The molecule has 0 aromatic heterocycles. The summed E-state index contributed by atoms with van der Waals surface area (Å²) in [6.07, 6.45) is 6.97. The molecule has 0 fully saturated rings. The maximum absolute atomic E-state index is 5.88. The van der Waals surface area contributed by atoms with Gasteiger partial charge in [-0.2, -0.15) is 0 Å². The van der Waals surface area contributed by atoms with E-state index in [0.29, 0.717) is 11.0 Å². The number of ether oxygens (including phenoxy) is 1. The molecule has 0 spiro atoms. The lowest BCUT2D eigenvalue weighted by Gasteiger charge is -2.15. The molecule has 5 heteroatoms. The molecule has 1 unspecified atom stereocenters. The lowest BCUT2D eigenvalue weighted by molar-refractivity contribution is 0.0927. The van der Waals surface area contributed by atoms with Crippen LogP contribution in [0.3, 0.4) is 0 Å². The molecule has 0 heterocycles. The van der Waals surface area contributed by atoms with Crippen molar-refractivity contribution in [3.05, 3.63) is 34.9 Å². The molecule has 0 amide bonds. The predicted octanol–water partition coefficient (Wildman–Crippen LogP) is 4.97. The van der Waals surface area contributed by atoms with E-state index in [1.165, 1.54) is 31.2 Å². The van der Waals surface area contributed by atoms with Crippen molar-refractivity contribution in [1.29, 1.82) is 0 Å². The number of unbranched alkanes of at least 4 members (excludes halogenated alkanes) is 1. The number of halogens is 1. The lowest BCUT2D eigenvalue weighted by atomic mass is 10.0. The summed E-state index contributed by atoms with van der Waals surface area (Å²) in [6, 6.07) is 7.92. The molecule has 25 heavy (non-hydrogen) atoms. The fraction of sp³-hybridized carbons (Fsp3) is 0.650. The van der Waals surface area contributed by atoms with Gasteiger partial charge in [0.15, 0.2) is 5.11 Å². The van der Waals surface area contributed by atoms with Crippen molar-refractivity contribution in [3.63, 3.8) is 0 Å². The van der Waals surface area contributed by atoms with Crippen LogP contribution < -0.4 is 10.6 Å². The van der Waals surface area contributed by atoms with Gasteiger partial charge in [0.05, 0.1) is 0 Å². The third-order valence-electron chi connectivity index (χ3n) is 4.26. The summed E-state index contributed by atoms with van der Waals surface area (Å²) in [5.74, 6) is 0.712. The van der Waals surface area contributed by atoms with E-state index in [1.807, 2.05) is 24.3 Å². The first kappa shape index (κ1) is 22.2. The average molecular weight is 385 g/mol. The minimum Gasteiger partial charge on any atom is -0.381 e. The standard InChI is InChI=1S/C20H33ClN2OS/c1-3-5-7-17(4-2)16-24-15-6-13-22-20(25)23-14-12-18-8-10-19(21)11-9-18/h8-11,17H,3-7,12-16H2,1-2H3,(H2,22,23,25). The molecule has 0 radical (unpaired) electrons. The number of nitrogens with one attached hydrogen (secondary N) is 2. The van der Waals surface area contributed by atoms with Crippen molar-refractivity contribution in [2.45, 2.75) is 52.4 Å². The van der Waals surface area contributed by atoms with Crippen molar-refractivity contribution in [1.82, 2.24) is 10.6 Å². The third kappa shape index (κ3) is 11.4. The highest BCUT2D eigenvalue weighted by Crippen LogP contribution is 2.12. The topological polar surface area (TPSA) is 33.3 Å².